The molecule has 1 saturated heterocycles. The van der Waals surface area contributed by atoms with Crippen LogP contribution in [0, 0.1) is 0 Å². The van der Waals surface area contributed by atoms with Crippen LogP contribution in [0.3, 0.4) is 0 Å². The highest BCUT2D eigenvalue weighted by atomic mass is 35.5. The molecule has 6 heteroatoms. The fourth-order valence-corrected chi connectivity index (χ4v) is 2.33. The van der Waals surface area contributed by atoms with Gasteiger partial charge in [-0.15, -0.1) is 12.4 Å². The number of amides is 1. The highest BCUT2D eigenvalue weighted by Gasteiger charge is 2.24. The van der Waals surface area contributed by atoms with E-state index in [1.165, 1.54) is 6.92 Å². The van der Waals surface area contributed by atoms with Gasteiger partial charge in [0.1, 0.15) is 5.69 Å². The first-order valence-corrected chi connectivity index (χ1v) is 6.21. The van der Waals surface area contributed by atoms with Gasteiger partial charge >= 0.3 is 0 Å². The van der Waals surface area contributed by atoms with Gasteiger partial charge in [-0.2, -0.15) is 0 Å². The number of Topliss-reactive ketones (excluding diaryl/α,β-unsaturated/α-hetero) is 1. The summed E-state index contributed by atoms with van der Waals surface area (Å²) in [5.41, 5.74) is 7.00. The maximum Gasteiger partial charge on any atom is 0.270 e. The summed E-state index contributed by atoms with van der Waals surface area (Å²) >= 11 is 0. The first kappa shape index (κ1) is 15.7. The van der Waals surface area contributed by atoms with Crippen molar-refractivity contribution in [3.8, 4) is 0 Å². The van der Waals surface area contributed by atoms with Gasteiger partial charge in [-0.1, -0.05) is 0 Å². The quantitative estimate of drug-likeness (QED) is 0.831. The molecule has 0 saturated carbocycles. The van der Waals surface area contributed by atoms with Crippen molar-refractivity contribution < 1.29 is 9.59 Å². The molecule has 5 nitrogen and oxygen atoms in total. The number of rotatable bonds is 2. The molecule has 1 aromatic heterocycles. The van der Waals surface area contributed by atoms with Crippen molar-refractivity contribution in [1.82, 2.24) is 9.47 Å². The second-order valence-corrected chi connectivity index (χ2v) is 4.93. The third-order valence-electron chi connectivity index (χ3n) is 3.38. The lowest BCUT2D eigenvalue weighted by Crippen LogP contribution is -2.46. The molecule has 0 aliphatic carbocycles. The van der Waals surface area contributed by atoms with Crippen LogP contribution in [-0.4, -0.2) is 40.3 Å². The van der Waals surface area contributed by atoms with Crippen LogP contribution >= 0.6 is 12.4 Å². The summed E-state index contributed by atoms with van der Waals surface area (Å²) in [5, 5.41) is 0. The smallest absolute Gasteiger partial charge is 0.270 e. The van der Waals surface area contributed by atoms with Crippen molar-refractivity contribution in [3.05, 3.63) is 23.5 Å². The van der Waals surface area contributed by atoms with E-state index in [-0.39, 0.29) is 30.1 Å². The Morgan fingerprint density at radius 1 is 1.42 bits per heavy atom. The summed E-state index contributed by atoms with van der Waals surface area (Å²) in [6.45, 7) is 2.84. The minimum atomic E-state index is -0.0415. The van der Waals surface area contributed by atoms with Crippen LogP contribution in [0.25, 0.3) is 0 Å². The maximum atomic E-state index is 12.3. The van der Waals surface area contributed by atoms with Crippen molar-refractivity contribution in [2.24, 2.45) is 12.8 Å². The van der Waals surface area contributed by atoms with Crippen LogP contribution < -0.4 is 5.73 Å². The lowest BCUT2D eigenvalue weighted by Gasteiger charge is -2.30. The lowest BCUT2D eigenvalue weighted by atomic mass is 10.1. The number of nitrogens with two attached hydrogens (primary N) is 1. The second-order valence-electron chi connectivity index (χ2n) is 4.93. The zero-order chi connectivity index (χ0) is 13.3. The monoisotopic (exact) mass is 285 g/mol. The molecule has 1 aromatic rings. The molecular formula is C13H20ClN3O2. The van der Waals surface area contributed by atoms with Gasteiger partial charge in [0.05, 0.1) is 0 Å². The van der Waals surface area contributed by atoms with E-state index < -0.39 is 0 Å². The van der Waals surface area contributed by atoms with E-state index in [4.69, 9.17) is 5.73 Å². The number of likely N-dealkylation sites (tertiary alicyclic amines) is 1. The Kier molecular flexibility index (Phi) is 5.14. The average molecular weight is 286 g/mol. The average Bonchev–Trinajstić information content (AvgIpc) is 2.70. The molecule has 1 unspecified atom stereocenters. The summed E-state index contributed by atoms with van der Waals surface area (Å²) in [6, 6.07) is 1.72. The summed E-state index contributed by atoms with van der Waals surface area (Å²) in [7, 11) is 1.78. The summed E-state index contributed by atoms with van der Waals surface area (Å²) < 4.78 is 1.71. The molecule has 0 spiro atoms. The predicted molar refractivity (Wildman–Crippen MR) is 75.8 cm³/mol. The number of hydrogen-bond donors (Lipinski definition) is 1. The van der Waals surface area contributed by atoms with Gasteiger partial charge in [0, 0.05) is 37.9 Å². The molecule has 0 bridgehead atoms. The van der Waals surface area contributed by atoms with E-state index >= 15 is 0 Å². The molecule has 1 aliphatic rings. The van der Waals surface area contributed by atoms with Gasteiger partial charge in [-0.25, -0.2) is 0 Å². The Hall–Kier alpha value is -1.33. The molecule has 0 radical (unpaired) electrons. The number of aryl methyl sites for hydroxylation is 1. The van der Waals surface area contributed by atoms with E-state index in [1.807, 2.05) is 0 Å². The summed E-state index contributed by atoms with van der Waals surface area (Å²) in [6.07, 6.45) is 3.60. The Morgan fingerprint density at radius 2 is 2.11 bits per heavy atom. The van der Waals surface area contributed by atoms with Crippen LogP contribution in [0.15, 0.2) is 12.3 Å². The Balaban J connectivity index is 0.00000180. The molecule has 1 amide bonds. The van der Waals surface area contributed by atoms with Crippen molar-refractivity contribution >= 4 is 24.1 Å². The molecule has 2 heterocycles. The largest absolute Gasteiger partial charge is 0.346 e. The summed E-state index contributed by atoms with van der Waals surface area (Å²) in [4.78, 5) is 25.4. The Bertz CT molecular complexity index is 484. The number of carbonyl (C=O) groups excluding carboxylic acids is 2. The number of halogens is 1. The number of ketones is 1. The van der Waals surface area contributed by atoms with E-state index in [0.29, 0.717) is 17.8 Å². The van der Waals surface area contributed by atoms with E-state index in [1.54, 1.807) is 28.8 Å². The third-order valence-corrected chi connectivity index (χ3v) is 3.38. The third kappa shape index (κ3) is 3.36. The first-order valence-electron chi connectivity index (χ1n) is 6.21. The molecule has 2 N–H and O–H groups in total. The molecule has 19 heavy (non-hydrogen) atoms. The first-order chi connectivity index (χ1) is 8.49. The van der Waals surface area contributed by atoms with Crippen molar-refractivity contribution in [1.29, 1.82) is 0 Å². The maximum absolute atomic E-state index is 12.3. The minimum Gasteiger partial charge on any atom is -0.346 e. The lowest BCUT2D eigenvalue weighted by molar-refractivity contribution is 0.0699. The van der Waals surface area contributed by atoms with Crippen LogP contribution in [0.4, 0.5) is 0 Å². The van der Waals surface area contributed by atoms with Gasteiger partial charge in [0.15, 0.2) is 5.78 Å². The molecule has 0 aromatic carbocycles. The van der Waals surface area contributed by atoms with E-state index in [0.717, 1.165) is 19.4 Å². The standard InChI is InChI=1S/C13H19N3O2.ClH/c1-9(17)10-6-12(15(2)7-10)13(18)16-5-3-4-11(14)8-16;/h6-7,11H,3-5,8,14H2,1-2H3;1H. The topological polar surface area (TPSA) is 68.3 Å². The number of carbonyl (C=O) groups is 2. The fourth-order valence-electron chi connectivity index (χ4n) is 2.33. The van der Waals surface area contributed by atoms with Gasteiger partial charge < -0.3 is 15.2 Å². The molecule has 1 atom stereocenters. The molecule has 2 rings (SSSR count). The van der Waals surface area contributed by atoms with Crippen molar-refractivity contribution in [2.45, 2.75) is 25.8 Å². The van der Waals surface area contributed by atoms with Gasteiger partial charge in [-0.05, 0) is 25.8 Å². The molecule has 1 aliphatic heterocycles. The SMILES string of the molecule is CC(=O)c1cc(C(=O)N2CCCC(N)C2)n(C)c1.Cl. The number of piperidine rings is 1. The highest BCUT2D eigenvalue weighted by molar-refractivity contribution is 5.99. The normalized spacial score (nSPS) is 18.9. The highest BCUT2D eigenvalue weighted by Crippen LogP contribution is 2.15. The van der Waals surface area contributed by atoms with Gasteiger partial charge in [0.25, 0.3) is 5.91 Å². The second kappa shape index (κ2) is 6.21. The van der Waals surface area contributed by atoms with Crippen molar-refractivity contribution in [2.75, 3.05) is 13.1 Å². The Morgan fingerprint density at radius 3 is 2.63 bits per heavy atom. The number of hydrogen-bond acceptors (Lipinski definition) is 3. The molecule has 1 fully saturated rings. The number of nitrogens with zero attached hydrogens (tertiary/aromatic N) is 2. The molecule has 106 valence electrons. The van der Waals surface area contributed by atoms with Crippen LogP contribution in [0.1, 0.15) is 40.6 Å². The summed E-state index contributed by atoms with van der Waals surface area (Å²) in [5.74, 6) is -0.0693. The molecular weight excluding hydrogens is 266 g/mol. The zero-order valence-corrected chi connectivity index (χ0v) is 12.1. The van der Waals surface area contributed by atoms with Gasteiger partial charge in [-0.3, -0.25) is 9.59 Å². The van der Waals surface area contributed by atoms with Crippen molar-refractivity contribution in [3.63, 3.8) is 0 Å². The Labute approximate surface area is 119 Å². The predicted octanol–water partition coefficient (Wildman–Crippen LogP) is 1.21. The van der Waals surface area contributed by atoms with Crippen LogP contribution in [0.5, 0.6) is 0 Å². The van der Waals surface area contributed by atoms with E-state index in [2.05, 4.69) is 0 Å². The minimum absolute atomic E-state index is 0. The zero-order valence-electron chi connectivity index (χ0n) is 11.3. The van der Waals surface area contributed by atoms with E-state index in [9.17, 15) is 9.59 Å². The van der Waals surface area contributed by atoms with Crippen LogP contribution in [0.2, 0.25) is 0 Å². The number of aromatic nitrogens is 1. The fraction of sp³-hybridized carbons (Fsp3) is 0.538. The van der Waals surface area contributed by atoms with Gasteiger partial charge in [0.2, 0.25) is 0 Å². The van der Waals surface area contributed by atoms with Crippen LogP contribution in [-0.2, 0) is 7.05 Å².